The summed E-state index contributed by atoms with van der Waals surface area (Å²) in [5.41, 5.74) is 0. The highest BCUT2D eigenvalue weighted by Gasteiger charge is 2.37. The Kier molecular flexibility index (Phi) is 4.85. The summed E-state index contributed by atoms with van der Waals surface area (Å²) in [6.07, 6.45) is 15.9. The fourth-order valence-electron chi connectivity index (χ4n) is 3.67. The van der Waals surface area contributed by atoms with E-state index >= 15 is 0 Å². The van der Waals surface area contributed by atoms with Gasteiger partial charge in [-0.05, 0) is 57.4 Å². The van der Waals surface area contributed by atoms with Gasteiger partial charge in [0.15, 0.2) is 0 Å². The monoisotopic (exact) mass is 233 g/mol. The van der Waals surface area contributed by atoms with Crippen molar-refractivity contribution in [1.29, 1.82) is 0 Å². The SMILES string of the molecule is C=C/C=C\CCCC1CCC(C)C2CCCN12. The van der Waals surface area contributed by atoms with Crippen LogP contribution in [0, 0.1) is 5.92 Å². The molecule has 2 saturated heterocycles. The van der Waals surface area contributed by atoms with Crippen molar-refractivity contribution in [3.8, 4) is 0 Å². The molecule has 0 aliphatic carbocycles. The number of unbranched alkanes of at least 4 members (excludes halogenated alkanes) is 1. The van der Waals surface area contributed by atoms with Gasteiger partial charge in [-0.1, -0.05) is 31.7 Å². The van der Waals surface area contributed by atoms with E-state index in [2.05, 4.69) is 30.6 Å². The first-order chi connectivity index (χ1) is 8.33. The Morgan fingerprint density at radius 3 is 3.00 bits per heavy atom. The molecule has 2 aliphatic heterocycles. The number of hydrogen-bond donors (Lipinski definition) is 0. The van der Waals surface area contributed by atoms with Crippen LogP contribution >= 0.6 is 0 Å². The van der Waals surface area contributed by atoms with Gasteiger partial charge in [0.05, 0.1) is 0 Å². The van der Waals surface area contributed by atoms with E-state index in [1.54, 1.807) is 0 Å². The molecule has 1 nitrogen and oxygen atoms in total. The summed E-state index contributed by atoms with van der Waals surface area (Å²) in [5.74, 6) is 0.939. The summed E-state index contributed by atoms with van der Waals surface area (Å²) >= 11 is 0. The van der Waals surface area contributed by atoms with Gasteiger partial charge in [0.2, 0.25) is 0 Å². The molecule has 0 saturated carbocycles. The molecular formula is C16H27N. The molecule has 0 amide bonds. The first-order valence-corrected chi connectivity index (χ1v) is 7.36. The van der Waals surface area contributed by atoms with Crippen molar-refractivity contribution in [3.63, 3.8) is 0 Å². The van der Waals surface area contributed by atoms with E-state index in [9.17, 15) is 0 Å². The zero-order valence-corrected chi connectivity index (χ0v) is 11.3. The molecule has 1 heteroatoms. The summed E-state index contributed by atoms with van der Waals surface area (Å²) in [4.78, 5) is 2.82. The lowest BCUT2D eigenvalue weighted by Crippen LogP contribution is -2.46. The van der Waals surface area contributed by atoms with Crippen LogP contribution in [-0.4, -0.2) is 23.5 Å². The largest absolute Gasteiger partial charge is 0.297 e. The van der Waals surface area contributed by atoms with Crippen LogP contribution in [0.25, 0.3) is 0 Å². The highest BCUT2D eigenvalue weighted by Crippen LogP contribution is 2.36. The summed E-state index contributed by atoms with van der Waals surface area (Å²) in [5, 5.41) is 0. The van der Waals surface area contributed by atoms with Crippen molar-refractivity contribution in [3.05, 3.63) is 24.8 Å². The van der Waals surface area contributed by atoms with Crippen LogP contribution < -0.4 is 0 Å². The van der Waals surface area contributed by atoms with E-state index in [1.165, 1.54) is 51.5 Å². The van der Waals surface area contributed by atoms with Gasteiger partial charge < -0.3 is 0 Å². The van der Waals surface area contributed by atoms with E-state index in [-0.39, 0.29) is 0 Å². The second-order valence-corrected chi connectivity index (χ2v) is 5.75. The number of hydrogen-bond acceptors (Lipinski definition) is 1. The lowest BCUT2D eigenvalue weighted by atomic mass is 9.85. The number of nitrogens with zero attached hydrogens (tertiary/aromatic N) is 1. The number of fused-ring (bicyclic) bond motifs is 1. The predicted molar refractivity (Wildman–Crippen MR) is 75.1 cm³/mol. The normalized spacial score (nSPS) is 34.1. The van der Waals surface area contributed by atoms with Crippen LogP contribution in [0.4, 0.5) is 0 Å². The molecule has 2 fully saturated rings. The van der Waals surface area contributed by atoms with Crippen LogP contribution in [0.5, 0.6) is 0 Å². The maximum absolute atomic E-state index is 3.70. The zero-order valence-electron chi connectivity index (χ0n) is 11.3. The first-order valence-electron chi connectivity index (χ1n) is 7.36. The third kappa shape index (κ3) is 3.22. The van der Waals surface area contributed by atoms with Crippen LogP contribution in [0.1, 0.15) is 51.9 Å². The molecule has 17 heavy (non-hydrogen) atoms. The Balaban J connectivity index is 1.76. The summed E-state index contributed by atoms with van der Waals surface area (Å²) < 4.78 is 0. The van der Waals surface area contributed by atoms with Crippen molar-refractivity contribution in [2.24, 2.45) is 5.92 Å². The Bertz CT molecular complexity index is 269. The Morgan fingerprint density at radius 1 is 1.29 bits per heavy atom. The highest BCUT2D eigenvalue weighted by molar-refractivity contribution is 4.97. The van der Waals surface area contributed by atoms with E-state index in [0.29, 0.717) is 0 Å². The molecule has 3 atom stereocenters. The van der Waals surface area contributed by atoms with Gasteiger partial charge in [0.1, 0.15) is 0 Å². The number of allylic oxidation sites excluding steroid dienone is 3. The minimum absolute atomic E-state index is 0.885. The molecule has 0 aromatic heterocycles. The molecule has 96 valence electrons. The van der Waals surface area contributed by atoms with Gasteiger partial charge in [0.25, 0.3) is 0 Å². The lowest BCUT2D eigenvalue weighted by molar-refractivity contribution is 0.0756. The van der Waals surface area contributed by atoms with Crippen molar-refractivity contribution in [2.45, 2.75) is 64.0 Å². The van der Waals surface area contributed by atoms with Gasteiger partial charge in [-0.15, -0.1) is 0 Å². The minimum atomic E-state index is 0.885. The van der Waals surface area contributed by atoms with Crippen molar-refractivity contribution in [2.75, 3.05) is 6.54 Å². The van der Waals surface area contributed by atoms with Crippen LogP contribution in [0.15, 0.2) is 24.8 Å². The van der Waals surface area contributed by atoms with Gasteiger partial charge in [-0.2, -0.15) is 0 Å². The van der Waals surface area contributed by atoms with Crippen molar-refractivity contribution in [1.82, 2.24) is 4.90 Å². The fourth-order valence-corrected chi connectivity index (χ4v) is 3.67. The molecule has 0 spiro atoms. The quantitative estimate of drug-likeness (QED) is 0.509. The summed E-state index contributed by atoms with van der Waals surface area (Å²) in [6, 6.07) is 1.80. The Labute approximate surface area is 107 Å². The first kappa shape index (κ1) is 12.9. The second kappa shape index (κ2) is 6.39. The third-order valence-electron chi connectivity index (χ3n) is 4.60. The maximum atomic E-state index is 3.70. The van der Waals surface area contributed by atoms with Gasteiger partial charge in [0, 0.05) is 12.1 Å². The number of rotatable bonds is 5. The standard InChI is InChI=1S/C16H27N/c1-3-4-5-6-7-9-15-12-11-14(2)16-10-8-13-17(15)16/h3-5,14-16H,1,6-13H2,2H3/b5-4-. The molecular weight excluding hydrogens is 206 g/mol. The average Bonchev–Trinajstić information content (AvgIpc) is 2.81. The molecule has 0 N–H and O–H groups in total. The molecule has 0 radical (unpaired) electrons. The van der Waals surface area contributed by atoms with Crippen LogP contribution in [0.2, 0.25) is 0 Å². The van der Waals surface area contributed by atoms with Crippen molar-refractivity contribution >= 4 is 0 Å². The third-order valence-corrected chi connectivity index (χ3v) is 4.60. The predicted octanol–water partition coefficient (Wildman–Crippen LogP) is 4.16. The minimum Gasteiger partial charge on any atom is -0.297 e. The Hall–Kier alpha value is -0.560. The van der Waals surface area contributed by atoms with Crippen LogP contribution in [0.3, 0.4) is 0 Å². The highest BCUT2D eigenvalue weighted by atomic mass is 15.2. The molecule has 2 aliphatic rings. The molecule has 2 rings (SSSR count). The smallest absolute Gasteiger partial charge is 0.0124 e. The summed E-state index contributed by atoms with van der Waals surface area (Å²) in [6.45, 7) is 7.52. The Morgan fingerprint density at radius 2 is 2.18 bits per heavy atom. The molecule has 2 heterocycles. The topological polar surface area (TPSA) is 3.24 Å². The summed E-state index contributed by atoms with van der Waals surface area (Å²) in [7, 11) is 0. The molecule has 0 aromatic rings. The van der Waals surface area contributed by atoms with E-state index < -0.39 is 0 Å². The van der Waals surface area contributed by atoms with Gasteiger partial charge in [-0.25, -0.2) is 0 Å². The number of piperidine rings is 1. The van der Waals surface area contributed by atoms with Crippen LogP contribution in [-0.2, 0) is 0 Å². The van der Waals surface area contributed by atoms with E-state index in [1.807, 2.05) is 6.08 Å². The van der Waals surface area contributed by atoms with E-state index in [4.69, 9.17) is 0 Å². The van der Waals surface area contributed by atoms with Gasteiger partial charge in [-0.3, -0.25) is 4.90 Å². The maximum Gasteiger partial charge on any atom is 0.0124 e. The van der Waals surface area contributed by atoms with Gasteiger partial charge >= 0.3 is 0 Å². The molecule has 0 aromatic carbocycles. The fraction of sp³-hybridized carbons (Fsp3) is 0.750. The van der Waals surface area contributed by atoms with Crippen molar-refractivity contribution < 1.29 is 0 Å². The lowest BCUT2D eigenvalue weighted by Gasteiger charge is -2.41. The van der Waals surface area contributed by atoms with E-state index in [0.717, 1.165) is 18.0 Å². The average molecular weight is 233 g/mol. The molecule has 3 unspecified atom stereocenters. The zero-order chi connectivity index (χ0) is 12.1. The second-order valence-electron chi connectivity index (χ2n) is 5.75. The molecule has 0 bridgehead atoms.